The lowest BCUT2D eigenvalue weighted by molar-refractivity contribution is -0.112. The Labute approximate surface area is 80.6 Å². The van der Waals surface area contributed by atoms with E-state index in [1.807, 2.05) is 0 Å². The normalized spacial score (nSPS) is 21.5. The van der Waals surface area contributed by atoms with Gasteiger partial charge in [0.2, 0.25) is 5.24 Å². The summed E-state index contributed by atoms with van der Waals surface area (Å²) in [7, 11) is 0. The van der Waals surface area contributed by atoms with Crippen LogP contribution in [0.25, 0.3) is 0 Å². The molecular formula is C8H12BrClO. The van der Waals surface area contributed by atoms with Crippen LogP contribution in [0.2, 0.25) is 0 Å². The van der Waals surface area contributed by atoms with Gasteiger partial charge in [0.05, 0.1) is 4.83 Å². The number of hydrogen-bond acceptors (Lipinski definition) is 1. The van der Waals surface area contributed by atoms with Crippen LogP contribution < -0.4 is 0 Å². The van der Waals surface area contributed by atoms with E-state index in [1.165, 1.54) is 12.8 Å². The third kappa shape index (κ3) is 1.97. The number of carbonyl (C=O) groups excluding carboxylic acids is 1. The topological polar surface area (TPSA) is 17.1 Å². The average Bonchev–Trinajstić information content (AvgIpc) is 2.66. The van der Waals surface area contributed by atoms with Crippen LogP contribution in [0.15, 0.2) is 0 Å². The molecule has 0 heterocycles. The molecule has 0 bridgehead atoms. The summed E-state index contributed by atoms with van der Waals surface area (Å²) in [6, 6.07) is 0. The fraction of sp³-hybridized carbons (Fsp3) is 0.875. The van der Waals surface area contributed by atoms with Crippen molar-refractivity contribution in [1.82, 2.24) is 0 Å². The summed E-state index contributed by atoms with van der Waals surface area (Å²) < 4.78 is 0. The van der Waals surface area contributed by atoms with Crippen molar-refractivity contribution in [1.29, 1.82) is 0 Å². The fourth-order valence-electron chi connectivity index (χ4n) is 1.33. The molecule has 0 saturated heterocycles. The van der Waals surface area contributed by atoms with Gasteiger partial charge in [0, 0.05) is 0 Å². The van der Waals surface area contributed by atoms with Gasteiger partial charge in [-0.1, -0.05) is 29.8 Å². The van der Waals surface area contributed by atoms with Crippen molar-refractivity contribution in [2.24, 2.45) is 11.3 Å². The van der Waals surface area contributed by atoms with E-state index in [9.17, 15) is 4.79 Å². The van der Waals surface area contributed by atoms with Crippen LogP contribution >= 0.6 is 27.5 Å². The van der Waals surface area contributed by atoms with Crippen LogP contribution in [0.1, 0.15) is 26.7 Å². The van der Waals surface area contributed by atoms with Crippen molar-refractivity contribution in [3.63, 3.8) is 0 Å². The summed E-state index contributed by atoms with van der Waals surface area (Å²) in [5, 5.41) is -0.276. The number of halogens is 2. The summed E-state index contributed by atoms with van der Waals surface area (Å²) in [6.45, 7) is 4.18. The minimum atomic E-state index is -0.276. The van der Waals surface area contributed by atoms with E-state index in [1.54, 1.807) is 0 Å². The van der Waals surface area contributed by atoms with E-state index in [-0.39, 0.29) is 15.5 Å². The second-order valence-corrected chi connectivity index (χ2v) is 5.05. The zero-order chi connectivity index (χ0) is 8.65. The second kappa shape index (κ2) is 3.06. The second-order valence-electron chi connectivity index (χ2n) is 3.76. The first-order valence-corrected chi connectivity index (χ1v) is 5.09. The molecule has 1 aliphatic rings. The van der Waals surface area contributed by atoms with Crippen LogP contribution in [0.5, 0.6) is 0 Å². The average molecular weight is 240 g/mol. The highest BCUT2D eigenvalue weighted by Gasteiger charge is 2.44. The van der Waals surface area contributed by atoms with Gasteiger partial charge in [-0.3, -0.25) is 4.79 Å². The van der Waals surface area contributed by atoms with Crippen LogP contribution in [0, 0.1) is 11.3 Å². The minimum Gasteiger partial charge on any atom is -0.280 e. The maximum absolute atomic E-state index is 10.8. The van der Waals surface area contributed by atoms with Gasteiger partial charge in [0.1, 0.15) is 0 Å². The molecule has 0 aromatic rings. The minimum absolute atomic E-state index is 0.0266. The summed E-state index contributed by atoms with van der Waals surface area (Å²) in [5.41, 5.74) is 0.0266. The van der Waals surface area contributed by atoms with Gasteiger partial charge in [0.25, 0.3) is 0 Å². The van der Waals surface area contributed by atoms with E-state index in [0.29, 0.717) is 5.92 Å². The highest BCUT2D eigenvalue weighted by molar-refractivity contribution is 9.10. The molecule has 0 aromatic carbocycles. The van der Waals surface area contributed by atoms with Crippen LogP contribution in [-0.2, 0) is 4.79 Å². The van der Waals surface area contributed by atoms with Gasteiger partial charge in [-0.05, 0) is 35.8 Å². The van der Waals surface area contributed by atoms with Crippen molar-refractivity contribution in [2.45, 2.75) is 31.5 Å². The zero-order valence-corrected chi connectivity index (χ0v) is 9.08. The molecule has 0 aliphatic heterocycles. The van der Waals surface area contributed by atoms with E-state index in [4.69, 9.17) is 11.6 Å². The van der Waals surface area contributed by atoms with Gasteiger partial charge < -0.3 is 0 Å². The molecule has 1 fully saturated rings. The van der Waals surface area contributed by atoms with E-state index in [2.05, 4.69) is 29.8 Å². The van der Waals surface area contributed by atoms with Crippen LogP contribution in [0.3, 0.4) is 0 Å². The standard InChI is InChI=1S/C8H12BrClO/c1-8(2,5-3-4-5)6(9)7(10)11/h5-6H,3-4H2,1-2H3. The molecule has 1 rings (SSSR count). The molecule has 64 valence electrons. The van der Waals surface area contributed by atoms with Crippen molar-refractivity contribution in [2.75, 3.05) is 0 Å². The van der Waals surface area contributed by atoms with Gasteiger partial charge >= 0.3 is 0 Å². The van der Waals surface area contributed by atoms with Gasteiger partial charge in [0.15, 0.2) is 0 Å². The molecule has 1 atom stereocenters. The number of rotatable bonds is 3. The summed E-state index contributed by atoms with van der Waals surface area (Å²) in [6.07, 6.45) is 2.47. The fourth-order valence-corrected chi connectivity index (χ4v) is 1.98. The SMILES string of the molecule is CC(C)(C1CC1)C(Br)C(=O)Cl. The van der Waals surface area contributed by atoms with Gasteiger partial charge in [-0.2, -0.15) is 0 Å². The van der Waals surface area contributed by atoms with Crippen LogP contribution in [-0.4, -0.2) is 10.1 Å². The van der Waals surface area contributed by atoms with E-state index >= 15 is 0 Å². The molecule has 0 aromatic heterocycles. The van der Waals surface area contributed by atoms with Gasteiger partial charge in [-0.15, -0.1) is 0 Å². The molecule has 11 heavy (non-hydrogen) atoms. The zero-order valence-electron chi connectivity index (χ0n) is 6.73. The highest BCUT2D eigenvalue weighted by Crippen LogP contribution is 2.49. The first-order chi connectivity index (χ1) is 4.96. The Morgan fingerprint density at radius 1 is 1.64 bits per heavy atom. The molecule has 3 heteroatoms. The molecule has 1 unspecified atom stereocenters. The van der Waals surface area contributed by atoms with Crippen molar-refractivity contribution in [3.8, 4) is 0 Å². The molecule has 0 radical (unpaired) electrons. The molecule has 1 saturated carbocycles. The maximum atomic E-state index is 10.8. The Morgan fingerprint density at radius 2 is 2.09 bits per heavy atom. The predicted octanol–water partition coefficient (Wildman–Crippen LogP) is 2.95. The first kappa shape index (κ1) is 9.53. The Kier molecular flexibility index (Phi) is 2.65. The molecule has 1 nitrogen and oxygen atoms in total. The van der Waals surface area contributed by atoms with Crippen molar-refractivity contribution < 1.29 is 4.79 Å². The molecule has 0 amide bonds. The Hall–Kier alpha value is 0.440. The Bertz CT molecular complexity index is 175. The largest absolute Gasteiger partial charge is 0.280 e. The maximum Gasteiger partial charge on any atom is 0.235 e. The Balaban J connectivity index is 2.61. The number of alkyl halides is 1. The van der Waals surface area contributed by atoms with E-state index < -0.39 is 0 Å². The number of carbonyl (C=O) groups is 1. The lowest BCUT2D eigenvalue weighted by Crippen LogP contribution is -2.30. The lowest BCUT2D eigenvalue weighted by Gasteiger charge is -2.27. The van der Waals surface area contributed by atoms with E-state index in [0.717, 1.165) is 0 Å². The Morgan fingerprint density at radius 3 is 2.36 bits per heavy atom. The van der Waals surface area contributed by atoms with Crippen molar-refractivity contribution >= 4 is 32.8 Å². The molecule has 0 spiro atoms. The summed E-state index contributed by atoms with van der Waals surface area (Å²) in [4.78, 5) is 10.7. The van der Waals surface area contributed by atoms with Crippen molar-refractivity contribution in [3.05, 3.63) is 0 Å². The van der Waals surface area contributed by atoms with Gasteiger partial charge in [-0.25, -0.2) is 0 Å². The third-order valence-corrected chi connectivity index (χ3v) is 4.56. The lowest BCUT2D eigenvalue weighted by atomic mass is 9.84. The molecule has 0 N–H and O–H groups in total. The molecular weight excluding hydrogens is 227 g/mol. The third-order valence-electron chi connectivity index (χ3n) is 2.48. The monoisotopic (exact) mass is 238 g/mol. The first-order valence-electron chi connectivity index (χ1n) is 3.79. The van der Waals surface area contributed by atoms with Crippen LogP contribution in [0.4, 0.5) is 0 Å². The molecule has 1 aliphatic carbocycles. The highest BCUT2D eigenvalue weighted by atomic mass is 79.9. The summed E-state index contributed by atoms with van der Waals surface area (Å²) >= 11 is 8.72. The quantitative estimate of drug-likeness (QED) is 0.547. The summed E-state index contributed by atoms with van der Waals surface area (Å²) in [5.74, 6) is 0.676. The smallest absolute Gasteiger partial charge is 0.235 e. The number of hydrogen-bond donors (Lipinski definition) is 0. The predicted molar refractivity (Wildman–Crippen MR) is 50.1 cm³/mol.